The number of amides is 1. The molecule has 4 rings (SSSR count). The van der Waals surface area contributed by atoms with E-state index in [4.69, 9.17) is 9.15 Å². The quantitative estimate of drug-likeness (QED) is 0.569. The number of ether oxygens (including phenoxy) is 1. The molecule has 2 aromatic heterocycles. The first-order valence-electron chi connectivity index (χ1n) is 11.2. The molecule has 0 spiro atoms. The maximum absolute atomic E-state index is 13.0. The van der Waals surface area contributed by atoms with Crippen LogP contribution < -0.4 is 4.74 Å². The van der Waals surface area contributed by atoms with Gasteiger partial charge in [-0.25, -0.2) is 9.97 Å². The number of oxazole rings is 1. The van der Waals surface area contributed by atoms with Crippen molar-refractivity contribution in [2.24, 2.45) is 11.8 Å². The molecule has 2 aliphatic rings. The molecule has 2 fully saturated rings. The topological polar surface area (TPSA) is 85.5 Å². The second kappa shape index (κ2) is 9.93. The number of alkyl halides is 3. The van der Waals surface area contributed by atoms with Crippen molar-refractivity contribution in [1.82, 2.24) is 14.9 Å². The van der Waals surface area contributed by atoms with Crippen molar-refractivity contribution >= 4 is 11.7 Å². The van der Waals surface area contributed by atoms with Crippen LogP contribution in [-0.4, -0.2) is 51.9 Å². The highest BCUT2D eigenvalue weighted by Gasteiger charge is 2.44. The Labute approximate surface area is 189 Å². The van der Waals surface area contributed by atoms with E-state index in [-0.39, 0.29) is 73.9 Å². The average molecular weight is 465 g/mol. The van der Waals surface area contributed by atoms with Crippen molar-refractivity contribution < 1.29 is 31.9 Å². The predicted molar refractivity (Wildman–Crippen MR) is 111 cm³/mol. The van der Waals surface area contributed by atoms with Gasteiger partial charge in [-0.3, -0.25) is 9.59 Å². The minimum absolute atomic E-state index is 0.000591. The van der Waals surface area contributed by atoms with Crippen LogP contribution in [0.15, 0.2) is 35.2 Å². The van der Waals surface area contributed by atoms with Crippen molar-refractivity contribution in [1.29, 1.82) is 0 Å². The number of carbonyl (C=O) groups excluding carboxylic acids is 2. The van der Waals surface area contributed by atoms with Gasteiger partial charge in [-0.1, -0.05) is 0 Å². The third-order valence-electron chi connectivity index (χ3n) is 6.46. The summed E-state index contributed by atoms with van der Waals surface area (Å²) in [6.07, 6.45) is 2.17. The van der Waals surface area contributed by atoms with Crippen molar-refractivity contribution in [3.05, 3.63) is 42.4 Å². The normalized spacial score (nSPS) is 23.5. The van der Waals surface area contributed by atoms with Gasteiger partial charge in [0.05, 0.1) is 24.6 Å². The number of halogens is 3. The first-order chi connectivity index (χ1) is 15.8. The van der Waals surface area contributed by atoms with Gasteiger partial charge in [-0.2, -0.15) is 13.2 Å². The first kappa shape index (κ1) is 23.3. The summed E-state index contributed by atoms with van der Waals surface area (Å²) in [4.78, 5) is 35.5. The minimum atomic E-state index is -4.19. The predicted octanol–water partition coefficient (Wildman–Crippen LogP) is 4.23. The van der Waals surface area contributed by atoms with E-state index in [0.717, 1.165) is 12.8 Å². The molecule has 1 aliphatic heterocycles. The number of aromatic nitrogens is 2. The summed E-state index contributed by atoms with van der Waals surface area (Å²) in [5.74, 6) is -1.47. The van der Waals surface area contributed by atoms with Gasteiger partial charge in [0, 0.05) is 18.7 Å². The molecule has 1 amide bonds. The van der Waals surface area contributed by atoms with E-state index in [1.807, 2.05) is 0 Å². The van der Waals surface area contributed by atoms with Crippen LogP contribution in [0.25, 0.3) is 0 Å². The molecule has 1 atom stereocenters. The van der Waals surface area contributed by atoms with E-state index in [9.17, 15) is 22.8 Å². The summed E-state index contributed by atoms with van der Waals surface area (Å²) >= 11 is 0. The number of likely N-dealkylation sites (tertiary alicyclic amines) is 1. The minimum Gasteiger partial charge on any atom is -0.489 e. The van der Waals surface area contributed by atoms with E-state index in [0.29, 0.717) is 12.3 Å². The Morgan fingerprint density at radius 3 is 2.61 bits per heavy atom. The molecule has 3 heterocycles. The maximum atomic E-state index is 13.0. The molecule has 10 heteroatoms. The monoisotopic (exact) mass is 465 g/mol. The SMILES string of the molecule is O=C(Cc1ncco1)c1ncccc1OC[C@@H]1CCCN1C(=O)C1CCC(C(F)(F)F)CC1. The number of Topliss-reactive ketones (excluding diaryl/α,β-unsaturated/α-hetero) is 1. The highest BCUT2D eigenvalue weighted by Crippen LogP contribution is 2.40. The van der Waals surface area contributed by atoms with Crippen LogP contribution >= 0.6 is 0 Å². The zero-order valence-corrected chi connectivity index (χ0v) is 18.1. The van der Waals surface area contributed by atoms with Gasteiger partial charge >= 0.3 is 6.18 Å². The summed E-state index contributed by atoms with van der Waals surface area (Å²) in [5, 5.41) is 0. The summed E-state index contributed by atoms with van der Waals surface area (Å²) in [5.41, 5.74) is 0.164. The van der Waals surface area contributed by atoms with E-state index in [2.05, 4.69) is 9.97 Å². The van der Waals surface area contributed by atoms with Gasteiger partial charge in [0.1, 0.15) is 24.3 Å². The molecule has 2 aromatic rings. The van der Waals surface area contributed by atoms with Gasteiger partial charge < -0.3 is 14.1 Å². The van der Waals surface area contributed by atoms with Crippen LogP contribution in [0.5, 0.6) is 5.75 Å². The molecule has 7 nitrogen and oxygen atoms in total. The summed E-state index contributed by atoms with van der Waals surface area (Å²) in [7, 11) is 0. The Morgan fingerprint density at radius 1 is 1.12 bits per heavy atom. The van der Waals surface area contributed by atoms with E-state index >= 15 is 0 Å². The first-order valence-corrected chi connectivity index (χ1v) is 11.2. The zero-order chi connectivity index (χ0) is 23.4. The van der Waals surface area contributed by atoms with Gasteiger partial charge in [0.25, 0.3) is 0 Å². The molecule has 1 aliphatic carbocycles. The number of hydrogen-bond acceptors (Lipinski definition) is 6. The van der Waals surface area contributed by atoms with Crippen molar-refractivity contribution in [3.63, 3.8) is 0 Å². The van der Waals surface area contributed by atoms with Crippen LogP contribution in [0.2, 0.25) is 0 Å². The lowest BCUT2D eigenvalue weighted by molar-refractivity contribution is -0.185. The smallest absolute Gasteiger partial charge is 0.391 e. The van der Waals surface area contributed by atoms with Crippen LogP contribution in [-0.2, 0) is 11.2 Å². The number of pyridine rings is 1. The van der Waals surface area contributed by atoms with Crippen molar-refractivity contribution in [2.75, 3.05) is 13.2 Å². The van der Waals surface area contributed by atoms with Crippen LogP contribution in [0.1, 0.15) is 54.9 Å². The number of rotatable bonds is 7. The lowest BCUT2D eigenvalue weighted by Crippen LogP contribution is -2.44. The Balaban J connectivity index is 1.35. The van der Waals surface area contributed by atoms with Gasteiger partial charge in [0.15, 0.2) is 5.78 Å². The van der Waals surface area contributed by atoms with Crippen LogP contribution in [0.3, 0.4) is 0 Å². The fourth-order valence-electron chi connectivity index (χ4n) is 4.67. The maximum Gasteiger partial charge on any atom is 0.391 e. The molecule has 0 aromatic carbocycles. The standard InChI is InChI=1S/C23H26F3N3O4/c24-23(25,26)16-7-5-15(6-8-16)22(31)29-11-2-3-17(29)14-33-19-4-1-9-28-21(19)18(30)13-20-27-10-12-32-20/h1,4,9-10,12,15-17H,2-3,5-8,11,13-14H2/t15?,16?,17-/m0/s1. The molecule has 33 heavy (non-hydrogen) atoms. The highest BCUT2D eigenvalue weighted by molar-refractivity contribution is 5.97. The van der Waals surface area contributed by atoms with Crippen molar-refractivity contribution in [2.45, 2.75) is 57.2 Å². The zero-order valence-electron chi connectivity index (χ0n) is 18.1. The highest BCUT2D eigenvalue weighted by atomic mass is 19.4. The fraction of sp³-hybridized carbons (Fsp3) is 0.565. The Morgan fingerprint density at radius 2 is 1.91 bits per heavy atom. The second-order valence-corrected chi connectivity index (χ2v) is 8.60. The van der Waals surface area contributed by atoms with Gasteiger partial charge in [0.2, 0.25) is 11.8 Å². The summed E-state index contributed by atoms with van der Waals surface area (Å²) in [6.45, 7) is 0.754. The lowest BCUT2D eigenvalue weighted by atomic mass is 9.81. The lowest BCUT2D eigenvalue weighted by Gasteiger charge is -2.33. The van der Waals surface area contributed by atoms with E-state index in [1.54, 1.807) is 17.0 Å². The third kappa shape index (κ3) is 5.54. The molecular weight excluding hydrogens is 439 g/mol. The Bertz CT molecular complexity index is 956. The molecule has 0 radical (unpaired) electrons. The number of nitrogens with zero attached hydrogens (tertiary/aromatic N) is 3. The Hall–Kier alpha value is -2.91. The molecule has 178 valence electrons. The van der Waals surface area contributed by atoms with Gasteiger partial charge in [-0.05, 0) is 50.7 Å². The largest absolute Gasteiger partial charge is 0.489 e. The van der Waals surface area contributed by atoms with Crippen LogP contribution in [0.4, 0.5) is 13.2 Å². The van der Waals surface area contributed by atoms with Crippen LogP contribution in [0, 0.1) is 11.8 Å². The van der Waals surface area contributed by atoms with E-state index in [1.165, 1.54) is 18.7 Å². The molecule has 0 bridgehead atoms. The Kier molecular flexibility index (Phi) is 6.99. The average Bonchev–Trinajstić information content (AvgIpc) is 3.49. The molecular formula is C23H26F3N3O4. The molecule has 1 saturated carbocycles. The molecule has 0 N–H and O–H groups in total. The van der Waals surface area contributed by atoms with Crippen molar-refractivity contribution in [3.8, 4) is 5.75 Å². The summed E-state index contributed by atoms with van der Waals surface area (Å²) < 4.78 is 49.9. The number of ketones is 1. The summed E-state index contributed by atoms with van der Waals surface area (Å²) in [6, 6.07) is 3.12. The number of carbonyl (C=O) groups is 2. The fourth-order valence-corrected chi connectivity index (χ4v) is 4.67. The van der Waals surface area contributed by atoms with Gasteiger partial charge in [-0.15, -0.1) is 0 Å². The third-order valence-corrected chi connectivity index (χ3v) is 6.46. The molecule has 1 saturated heterocycles. The molecule has 0 unspecified atom stereocenters. The second-order valence-electron chi connectivity index (χ2n) is 8.60. The van der Waals surface area contributed by atoms with E-state index < -0.39 is 12.1 Å². The number of hydrogen-bond donors (Lipinski definition) is 0.